The molecule has 1 heterocycles. The maximum atomic E-state index is 5.74. The lowest BCUT2D eigenvalue weighted by Gasteiger charge is -2.44. The highest BCUT2D eigenvalue weighted by molar-refractivity contribution is 9.10. The van der Waals surface area contributed by atoms with Crippen molar-refractivity contribution in [2.24, 2.45) is 10.9 Å². The van der Waals surface area contributed by atoms with Crippen molar-refractivity contribution in [3.05, 3.63) is 33.8 Å². The molecular formula is C20H27BrN2OS. The fourth-order valence-electron chi connectivity index (χ4n) is 4.21. The standard InChI is InChI=1S/C20H27BrN2OS/c1-5-14-6-7-16(21)12-17(14)20(22-13(2)18(25)23-20)15-8-10-19(3,24-4)11-9-15/h6-7,12,15H,5,8-11H2,1-4H3,(H,23,25). The third-order valence-corrected chi connectivity index (χ3v) is 6.86. The Balaban J connectivity index is 2.05. The smallest absolute Gasteiger partial charge is 0.159 e. The zero-order valence-corrected chi connectivity index (χ0v) is 17.9. The number of methoxy groups -OCH3 is 1. The highest BCUT2D eigenvalue weighted by Gasteiger charge is 2.48. The molecule has 136 valence electrons. The fourth-order valence-corrected chi connectivity index (χ4v) is 4.77. The molecule has 2 aliphatic rings. The Morgan fingerprint density at radius 1 is 1.36 bits per heavy atom. The van der Waals surface area contributed by atoms with E-state index in [1.54, 1.807) is 0 Å². The molecule has 1 unspecified atom stereocenters. The molecule has 1 aliphatic carbocycles. The summed E-state index contributed by atoms with van der Waals surface area (Å²) in [7, 11) is 1.82. The number of ether oxygens (including phenoxy) is 1. The number of nitrogens with one attached hydrogen (secondary N) is 1. The molecule has 3 nitrogen and oxygen atoms in total. The number of thiocarbonyl (C=S) groups is 1. The Labute approximate surface area is 164 Å². The molecule has 0 aromatic heterocycles. The topological polar surface area (TPSA) is 33.6 Å². The molecule has 0 saturated heterocycles. The van der Waals surface area contributed by atoms with Gasteiger partial charge in [0.25, 0.3) is 0 Å². The molecule has 1 saturated carbocycles. The van der Waals surface area contributed by atoms with E-state index < -0.39 is 5.66 Å². The van der Waals surface area contributed by atoms with Gasteiger partial charge < -0.3 is 10.1 Å². The van der Waals surface area contributed by atoms with E-state index in [9.17, 15) is 0 Å². The molecule has 1 fully saturated rings. The van der Waals surface area contributed by atoms with Crippen molar-refractivity contribution in [3.63, 3.8) is 0 Å². The van der Waals surface area contributed by atoms with Gasteiger partial charge in [-0.3, -0.25) is 4.99 Å². The van der Waals surface area contributed by atoms with E-state index in [0.29, 0.717) is 5.92 Å². The molecule has 1 aromatic carbocycles. The SMILES string of the molecule is CCc1ccc(Br)cc1C1(C2CCC(C)(OC)CC2)N=C(C)C(=S)N1. The second-order valence-corrected chi connectivity index (χ2v) is 8.82. The molecule has 0 spiro atoms. The number of hydrogen-bond acceptors (Lipinski definition) is 3. The third-order valence-electron chi connectivity index (χ3n) is 5.97. The number of rotatable bonds is 4. The average Bonchev–Trinajstić information content (AvgIpc) is 2.91. The summed E-state index contributed by atoms with van der Waals surface area (Å²) in [6.45, 7) is 6.43. The Hall–Kier alpha value is -0.780. The zero-order valence-electron chi connectivity index (χ0n) is 15.5. The quantitative estimate of drug-likeness (QED) is 0.680. The van der Waals surface area contributed by atoms with Crippen LogP contribution in [0.4, 0.5) is 0 Å². The first kappa shape index (κ1) is 19.0. The van der Waals surface area contributed by atoms with Crippen LogP contribution < -0.4 is 5.32 Å². The van der Waals surface area contributed by atoms with Gasteiger partial charge in [0, 0.05) is 23.1 Å². The van der Waals surface area contributed by atoms with E-state index in [1.165, 1.54) is 11.1 Å². The van der Waals surface area contributed by atoms with Crippen LogP contribution in [0.15, 0.2) is 27.7 Å². The van der Waals surface area contributed by atoms with E-state index in [-0.39, 0.29) is 5.60 Å². The number of aliphatic imine (C=N–C) groups is 1. The first-order valence-corrected chi connectivity index (χ1v) is 10.3. The highest BCUT2D eigenvalue weighted by Crippen LogP contribution is 2.47. The Morgan fingerprint density at radius 3 is 2.56 bits per heavy atom. The molecule has 0 radical (unpaired) electrons. The van der Waals surface area contributed by atoms with Gasteiger partial charge in [-0.25, -0.2) is 0 Å². The van der Waals surface area contributed by atoms with Crippen molar-refractivity contribution in [3.8, 4) is 0 Å². The normalized spacial score (nSPS) is 32.4. The summed E-state index contributed by atoms with van der Waals surface area (Å²) in [6, 6.07) is 6.54. The molecule has 0 amide bonds. The van der Waals surface area contributed by atoms with Gasteiger partial charge in [0.05, 0.1) is 11.3 Å². The van der Waals surface area contributed by atoms with Gasteiger partial charge >= 0.3 is 0 Å². The van der Waals surface area contributed by atoms with Crippen molar-refractivity contribution in [2.45, 2.75) is 64.1 Å². The molecule has 3 rings (SSSR count). The van der Waals surface area contributed by atoms with Gasteiger partial charge in [-0.05, 0) is 63.6 Å². The summed E-state index contributed by atoms with van der Waals surface area (Å²) < 4.78 is 6.83. The lowest BCUT2D eigenvalue weighted by Crippen LogP contribution is -2.49. The summed E-state index contributed by atoms with van der Waals surface area (Å²) >= 11 is 9.21. The van der Waals surface area contributed by atoms with Crippen LogP contribution in [0, 0.1) is 5.92 Å². The molecule has 25 heavy (non-hydrogen) atoms. The summed E-state index contributed by atoms with van der Waals surface area (Å²) in [5, 5.41) is 3.62. The second kappa shape index (κ2) is 7.09. The second-order valence-electron chi connectivity index (χ2n) is 7.50. The number of hydrogen-bond donors (Lipinski definition) is 1. The summed E-state index contributed by atoms with van der Waals surface area (Å²) in [5.74, 6) is 0.408. The maximum absolute atomic E-state index is 5.74. The van der Waals surface area contributed by atoms with Crippen LogP contribution in [-0.2, 0) is 16.8 Å². The van der Waals surface area contributed by atoms with Gasteiger partial charge in [-0.15, -0.1) is 0 Å². The van der Waals surface area contributed by atoms with Crippen LogP contribution in [0.5, 0.6) is 0 Å². The molecule has 1 aliphatic heterocycles. The van der Waals surface area contributed by atoms with Crippen molar-refractivity contribution in [2.75, 3.05) is 7.11 Å². The minimum atomic E-state index is -0.439. The summed E-state index contributed by atoms with van der Waals surface area (Å²) in [5.41, 5.74) is 3.08. The molecule has 0 bridgehead atoms. The molecule has 5 heteroatoms. The van der Waals surface area contributed by atoms with Gasteiger partial charge in [0.15, 0.2) is 5.66 Å². The number of nitrogens with zero attached hydrogens (tertiary/aromatic N) is 1. The van der Waals surface area contributed by atoms with E-state index in [2.05, 4.69) is 53.3 Å². The van der Waals surface area contributed by atoms with E-state index in [1.807, 2.05) is 14.0 Å². The molecular weight excluding hydrogens is 396 g/mol. The van der Waals surface area contributed by atoms with Crippen LogP contribution in [0.3, 0.4) is 0 Å². The van der Waals surface area contributed by atoms with Crippen LogP contribution in [0.2, 0.25) is 0 Å². The van der Waals surface area contributed by atoms with Crippen molar-refractivity contribution in [1.82, 2.24) is 5.32 Å². The van der Waals surface area contributed by atoms with Crippen molar-refractivity contribution >= 4 is 38.8 Å². The highest BCUT2D eigenvalue weighted by atomic mass is 79.9. The zero-order chi connectivity index (χ0) is 18.2. The Morgan fingerprint density at radius 2 is 2.04 bits per heavy atom. The molecule has 1 aromatic rings. The monoisotopic (exact) mass is 422 g/mol. The van der Waals surface area contributed by atoms with Gasteiger partial charge in [0.2, 0.25) is 0 Å². The largest absolute Gasteiger partial charge is 0.379 e. The summed E-state index contributed by atoms with van der Waals surface area (Å²) in [6.07, 6.45) is 5.23. The van der Waals surface area contributed by atoms with Gasteiger partial charge in [0.1, 0.15) is 4.99 Å². The fraction of sp³-hybridized carbons (Fsp3) is 0.600. The Kier molecular flexibility index (Phi) is 5.38. The summed E-state index contributed by atoms with van der Waals surface area (Å²) in [4.78, 5) is 5.90. The van der Waals surface area contributed by atoms with Crippen LogP contribution in [-0.4, -0.2) is 23.4 Å². The lowest BCUT2D eigenvalue weighted by molar-refractivity contribution is -0.0433. The number of benzene rings is 1. The maximum Gasteiger partial charge on any atom is 0.159 e. The first-order valence-electron chi connectivity index (χ1n) is 9.06. The van der Waals surface area contributed by atoms with Gasteiger partial charge in [-0.2, -0.15) is 0 Å². The Bertz CT molecular complexity index is 710. The number of aryl methyl sites for hydroxylation is 1. The van der Waals surface area contributed by atoms with Crippen molar-refractivity contribution < 1.29 is 4.74 Å². The van der Waals surface area contributed by atoms with Crippen LogP contribution in [0.25, 0.3) is 0 Å². The first-order chi connectivity index (χ1) is 11.8. The average molecular weight is 423 g/mol. The third kappa shape index (κ3) is 3.43. The minimum absolute atomic E-state index is 0.0135. The predicted octanol–water partition coefficient (Wildman–Crippen LogP) is 5.15. The predicted molar refractivity (Wildman–Crippen MR) is 111 cm³/mol. The van der Waals surface area contributed by atoms with Gasteiger partial charge in [-0.1, -0.05) is 41.1 Å². The van der Waals surface area contributed by atoms with E-state index in [4.69, 9.17) is 21.9 Å². The number of halogens is 1. The minimum Gasteiger partial charge on any atom is -0.379 e. The molecule has 1 atom stereocenters. The van der Waals surface area contributed by atoms with Crippen LogP contribution >= 0.6 is 28.1 Å². The molecule has 1 N–H and O–H groups in total. The van der Waals surface area contributed by atoms with E-state index in [0.717, 1.165) is 47.3 Å². The van der Waals surface area contributed by atoms with Crippen molar-refractivity contribution in [1.29, 1.82) is 0 Å². The van der Waals surface area contributed by atoms with E-state index >= 15 is 0 Å². The van der Waals surface area contributed by atoms with Crippen LogP contribution in [0.1, 0.15) is 57.6 Å². The lowest BCUT2D eigenvalue weighted by atomic mass is 9.71.